The molecule has 35 heavy (non-hydrogen) atoms. The highest BCUT2D eigenvalue weighted by Gasteiger charge is 2.79. The van der Waals surface area contributed by atoms with E-state index in [1.54, 1.807) is 26.2 Å². The smallest absolute Gasteiger partial charge is 0.455 e. The van der Waals surface area contributed by atoms with Gasteiger partial charge in [0.05, 0.1) is 13.2 Å². The summed E-state index contributed by atoms with van der Waals surface area (Å²) in [6, 6.07) is 0. The van der Waals surface area contributed by atoms with Crippen molar-refractivity contribution in [1.82, 2.24) is 0 Å². The Morgan fingerprint density at radius 1 is 0.886 bits per heavy atom. The molecule has 0 aromatic rings. The van der Waals surface area contributed by atoms with E-state index in [2.05, 4.69) is 0 Å². The summed E-state index contributed by atoms with van der Waals surface area (Å²) in [6.07, 6.45) is -0.797. The maximum absolute atomic E-state index is 11.3. The second kappa shape index (κ2) is 13.5. The molecule has 0 saturated carbocycles. The van der Waals surface area contributed by atoms with Gasteiger partial charge in [-0.1, -0.05) is 0 Å². The molecule has 2 rings (SSSR count). The lowest BCUT2D eigenvalue weighted by atomic mass is 10.5. The Bertz CT molecular complexity index is 661. The van der Waals surface area contributed by atoms with E-state index in [-0.39, 0.29) is 19.3 Å². The van der Waals surface area contributed by atoms with Gasteiger partial charge in [-0.25, -0.2) is 0 Å². The van der Waals surface area contributed by atoms with Gasteiger partial charge in [-0.2, -0.15) is 0 Å². The van der Waals surface area contributed by atoms with Gasteiger partial charge >= 0.3 is 35.0 Å². The van der Waals surface area contributed by atoms with Crippen LogP contribution in [0, 0.1) is 0 Å². The number of hydrogen-bond acceptors (Lipinski definition) is 14. The minimum Gasteiger partial charge on any atom is -0.455 e. The van der Waals surface area contributed by atoms with Gasteiger partial charge in [0, 0.05) is 6.55 Å². The van der Waals surface area contributed by atoms with E-state index in [0.717, 1.165) is 0 Å². The van der Waals surface area contributed by atoms with Crippen LogP contribution >= 0.6 is 0 Å². The molecular weight excluding hydrogens is 653 g/mol. The highest BCUT2D eigenvalue weighted by molar-refractivity contribution is 7.96. The average Bonchev–Trinajstić information content (AvgIpc) is 3.69. The summed E-state index contributed by atoms with van der Waals surface area (Å²) in [4.78, 5) is 64.0. The molecule has 0 aromatic carbocycles. The zero-order valence-electron chi connectivity index (χ0n) is 19.7. The summed E-state index contributed by atoms with van der Waals surface area (Å²) in [5, 5.41) is 0. The molecule has 0 aliphatic carbocycles. The van der Waals surface area contributed by atoms with Gasteiger partial charge in [-0.05, 0) is 26.2 Å². The molecule has 2 saturated heterocycles. The summed E-state index contributed by atoms with van der Waals surface area (Å²) >= 11 is 0. The standard InChI is InChI=1S/C10H29O14Si11/c1-30(2)22-35(28-14,29-15)33(34(26-12,27-13)21-25-11,24-32(5,16)20-10-8-18-10)23-31(3,4)19-7-9-6-17-9/h9-16H,6-8H2,1-5H3. The zero-order chi connectivity index (χ0) is 26.5. The molecule has 197 valence electrons. The van der Waals surface area contributed by atoms with E-state index in [1.807, 2.05) is 0 Å². The van der Waals surface area contributed by atoms with Gasteiger partial charge in [-0.15, -0.1) is 0 Å². The fourth-order valence-corrected chi connectivity index (χ4v) is 109. The molecule has 0 aromatic heterocycles. The molecule has 0 bridgehead atoms. The minimum atomic E-state index is -4.52. The highest BCUT2D eigenvalue weighted by atomic mass is 30.2. The van der Waals surface area contributed by atoms with Crippen LogP contribution < -0.4 is 0 Å². The van der Waals surface area contributed by atoms with E-state index in [4.69, 9.17) is 34.8 Å². The predicted molar refractivity (Wildman–Crippen MR) is 137 cm³/mol. The van der Waals surface area contributed by atoms with E-state index in [0.29, 0.717) is 6.61 Å². The monoisotopic (exact) mass is 681 g/mol. The molecule has 2 aliphatic heterocycles. The van der Waals surface area contributed by atoms with Crippen molar-refractivity contribution in [3.63, 3.8) is 0 Å². The Balaban J connectivity index is 2.73. The molecule has 2 aliphatic rings. The lowest BCUT2D eigenvalue weighted by molar-refractivity contribution is 0.0874. The molecule has 11 radical (unpaired) electrons. The Kier molecular flexibility index (Phi) is 12.7. The second-order valence-electron chi connectivity index (χ2n) is 8.28. The molecule has 2 fully saturated rings. The molecule has 2 heterocycles. The van der Waals surface area contributed by atoms with Crippen molar-refractivity contribution in [1.29, 1.82) is 0 Å². The van der Waals surface area contributed by atoms with Crippen LogP contribution in [0.4, 0.5) is 0 Å². The number of rotatable bonds is 19. The van der Waals surface area contributed by atoms with Crippen molar-refractivity contribution in [2.75, 3.05) is 19.8 Å². The molecule has 0 amide bonds. The molecule has 4 unspecified atom stereocenters. The summed E-state index contributed by atoms with van der Waals surface area (Å²) in [5.41, 5.74) is 0. The van der Waals surface area contributed by atoms with Gasteiger partial charge in [0.15, 0.2) is 15.3 Å². The maximum atomic E-state index is 11.3. The third-order valence-electron chi connectivity index (χ3n) is 4.51. The fourth-order valence-electron chi connectivity index (χ4n) is 2.98. The lowest BCUT2D eigenvalue weighted by Gasteiger charge is -2.53. The Hall–Kier alpha value is 1.83. The molecule has 25 heteroatoms. The molecule has 14 nitrogen and oxygen atoms in total. The van der Waals surface area contributed by atoms with E-state index in [9.17, 15) is 28.8 Å². The van der Waals surface area contributed by atoms with Gasteiger partial charge in [0.25, 0.3) is 13.7 Å². The normalized spacial score (nSPS) is 24.3. The summed E-state index contributed by atoms with van der Waals surface area (Å²) in [6.45, 7) is 1.21. The van der Waals surface area contributed by atoms with Crippen molar-refractivity contribution < 1.29 is 63.6 Å². The van der Waals surface area contributed by atoms with Crippen molar-refractivity contribution in [3.05, 3.63) is 0 Å². The van der Waals surface area contributed by atoms with Crippen molar-refractivity contribution >= 4 is 94.9 Å². The highest BCUT2D eigenvalue weighted by Crippen LogP contribution is 2.36. The first kappa shape index (κ1) is 33.0. The van der Waals surface area contributed by atoms with Crippen LogP contribution in [0.3, 0.4) is 0 Å². The van der Waals surface area contributed by atoms with Crippen molar-refractivity contribution in [3.8, 4) is 0 Å². The van der Waals surface area contributed by atoms with Crippen LogP contribution in [0.2, 0.25) is 32.7 Å². The maximum Gasteiger partial charge on any atom is 0.487 e. The fraction of sp³-hybridized carbons (Fsp3) is 1.00. The Labute approximate surface area is 222 Å². The zero-order valence-corrected chi connectivity index (χ0v) is 30.7. The number of epoxide rings is 2. The first-order valence-electron chi connectivity index (χ1n) is 10.2. The van der Waals surface area contributed by atoms with Crippen LogP contribution in [-0.4, -0.2) is 156 Å². The van der Waals surface area contributed by atoms with Crippen molar-refractivity contribution in [2.45, 2.75) is 45.1 Å². The van der Waals surface area contributed by atoms with Crippen molar-refractivity contribution in [2.24, 2.45) is 0 Å². The van der Waals surface area contributed by atoms with Gasteiger partial charge in [-0.3, -0.25) is 0 Å². The van der Waals surface area contributed by atoms with Gasteiger partial charge in [0.1, 0.15) is 12.7 Å². The summed E-state index contributed by atoms with van der Waals surface area (Å²) < 4.78 is 47.1. The quantitative estimate of drug-likeness (QED) is 0.0558. The number of hydrogen-bond donors (Lipinski definition) is 6. The molecule has 6 N–H and O–H groups in total. The summed E-state index contributed by atoms with van der Waals surface area (Å²) in [7, 11) is -18.9. The molecule has 0 spiro atoms. The molecule has 4 atom stereocenters. The van der Waals surface area contributed by atoms with Crippen LogP contribution in [0.15, 0.2) is 0 Å². The molecular formula is C10H29O14Si11. The number of ether oxygens (including phenoxy) is 2. The van der Waals surface area contributed by atoms with Crippen LogP contribution in [0.5, 0.6) is 0 Å². The third kappa shape index (κ3) is 8.41. The first-order chi connectivity index (χ1) is 16.3. The van der Waals surface area contributed by atoms with E-state index in [1.165, 1.54) is 6.55 Å². The van der Waals surface area contributed by atoms with Crippen LogP contribution in [-0.2, 0) is 34.8 Å². The minimum absolute atomic E-state index is 0.0921. The second-order valence-corrected chi connectivity index (χ2v) is 53.3. The topological polar surface area (TPSA) is 202 Å². The Morgan fingerprint density at radius 2 is 1.43 bits per heavy atom. The largest absolute Gasteiger partial charge is 0.487 e. The third-order valence-corrected chi connectivity index (χ3v) is 73.2. The SMILES string of the molecule is C[Si](C)O[Si]([Si]O)([Si]O)[Si](O[Si](C)(C)OCC1CO1)(O[Si](C)(O)OC1CO1)[Si](O[Si]O)([Si]O)[Si]O. The predicted octanol–water partition coefficient (Wildman–Crippen LogP) is -5.20. The first-order valence-corrected chi connectivity index (χ1v) is 33.9. The van der Waals surface area contributed by atoms with Gasteiger partial charge < -0.3 is 63.6 Å². The van der Waals surface area contributed by atoms with Gasteiger partial charge in [0.2, 0.25) is 37.1 Å². The Morgan fingerprint density at radius 3 is 1.83 bits per heavy atom. The van der Waals surface area contributed by atoms with E-state index < -0.39 is 101 Å². The van der Waals surface area contributed by atoms with Crippen LogP contribution in [0.1, 0.15) is 0 Å². The van der Waals surface area contributed by atoms with E-state index >= 15 is 0 Å². The average molecular weight is 682 g/mol. The summed E-state index contributed by atoms with van der Waals surface area (Å²) in [5.74, 6) is 0. The lowest BCUT2D eigenvalue weighted by Crippen LogP contribution is -2.94. The van der Waals surface area contributed by atoms with Crippen LogP contribution in [0.25, 0.3) is 0 Å².